The number of ether oxygens (including phenoxy) is 1. The van der Waals surface area contributed by atoms with Crippen LogP contribution in [-0.2, 0) is 0 Å². The predicted molar refractivity (Wildman–Crippen MR) is 85.6 cm³/mol. The molecule has 0 aliphatic rings. The van der Waals surface area contributed by atoms with Gasteiger partial charge in [0, 0.05) is 11.7 Å². The van der Waals surface area contributed by atoms with Crippen molar-refractivity contribution >= 4 is 5.69 Å². The summed E-state index contributed by atoms with van der Waals surface area (Å²) in [6, 6.07) is 17.1. The second-order valence-electron chi connectivity index (χ2n) is 5.42. The maximum Gasteiger partial charge on any atom is 0.118 e. The van der Waals surface area contributed by atoms with Crippen LogP contribution in [0, 0.1) is 0 Å². The van der Waals surface area contributed by atoms with Crippen LogP contribution in [0.25, 0.3) is 0 Å². The van der Waals surface area contributed by atoms with E-state index in [1.54, 1.807) is 7.11 Å². The molecule has 20 heavy (non-hydrogen) atoms. The van der Waals surface area contributed by atoms with E-state index in [1.807, 2.05) is 12.1 Å². The molecule has 2 nitrogen and oxygen atoms in total. The van der Waals surface area contributed by atoms with Crippen molar-refractivity contribution in [1.29, 1.82) is 0 Å². The lowest BCUT2D eigenvalue weighted by Gasteiger charge is -2.17. The Hall–Kier alpha value is -1.96. The van der Waals surface area contributed by atoms with Gasteiger partial charge in [0.1, 0.15) is 5.75 Å². The zero-order valence-corrected chi connectivity index (χ0v) is 12.7. The van der Waals surface area contributed by atoms with E-state index >= 15 is 0 Å². The monoisotopic (exact) mass is 269 g/mol. The number of benzene rings is 2. The largest absolute Gasteiger partial charge is 0.497 e. The summed E-state index contributed by atoms with van der Waals surface area (Å²) in [5, 5.41) is 3.55. The molecule has 0 spiro atoms. The molecule has 0 aromatic heterocycles. The Morgan fingerprint density at radius 1 is 0.900 bits per heavy atom. The van der Waals surface area contributed by atoms with Crippen molar-refractivity contribution in [3.05, 3.63) is 59.7 Å². The van der Waals surface area contributed by atoms with Gasteiger partial charge < -0.3 is 10.1 Å². The third kappa shape index (κ3) is 3.53. The van der Waals surface area contributed by atoms with Gasteiger partial charge >= 0.3 is 0 Å². The van der Waals surface area contributed by atoms with Crippen molar-refractivity contribution < 1.29 is 4.74 Å². The maximum atomic E-state index is 5.19. The van der Waals surface area contributed by atoms with Gasteiger partial charge in [0.15, 0.2) is 0 Å². The van der Waals surface area contributed by atoms with Crippen LogP contribution in [0.5, 0.6) is 5.75 Å². The third-order valence-corrected chi connectivity index (χ3v) is 3.55. The quantitative estimate of drug-likeness (QED) is 0.825. The van der Waals surface area contributed by atoms with Gasteiger partial charge in [-0.2, -0.15) is 0 Å². The first-order valence-electron chi connectivity index (χ1n) is 7.10. The molecule has 0 fully saturated rings. The number of hydrogen-bond donors (Lipinski definition) is 1. The first-order chi connectivity index (χ1) is 9.60. The number of methoxy groups -OCH3 is 1. The van der Waals surface area contributed by atoms with Gasteiger partial charge in [-0.25, -0.2) is 0 Å². The minimum atomic E-state index is 0.267. The molecule has 2 aromatic carbocycles. The molecule has 0 bridgehead atoms. The van der Waals surface area contributed by atoms with Crippen LogP contribution in [-0.4, -0.2) is 7.11 Å². The minimum absolute atomic E-state index is 0.267. The van der Waals surface area contributed by atoms with Crippen molar-refractivity contribution in [3.63, 3.8) is 0 Å². The maximum absolute atomic E-state index is 5.19. The van der Waals surface area contributed by atoms with E-state index in [9.17, 15) is 0 Å². The first-order valence-corrected chi connectivity index (χ1v) is 7.10. The number of rotatable bonds is 5. The Labute approximate surface area is 121 Å². The lowest BCUT2D eigenvalue weighted by Crippen LogP contribution is -2.06. The van der Waals surface area contributed by atoms with Crippen molar-refractivity contribution in [3.8, 4) is 5.75 Å². The summed E-state index contributed by atoms with van der Waals surface area (Å²) in [6.45, 7) is 6.60. The number of nitrogens with one attached hydrogen (secondary N) is 1. The molecule has 0 amide bonds. The highest BCUT2D eigenvalue weighted by molar-refractivity contribution is 5.48. The molecule has 0 radical (unpaired) electrons. The highest BCUT2D eigenvalue weighted by Crippen LogP contribution is 2.24. The molecule has 1 N–H and O–H groups in total. The SMILES string of the molecule is COc1ccc(C(C)Nc2cccc(C(C)C)c2)cc1. The van der Waals surface area contributed by atoms with Crippen LogP contribution in [0.4, 0.5) is 5.69 Å². The molecule has 0 heterocycles. The van der Waals surface area contributed by atoms with Gasteiger partial charge in [-0.15, -0.1) is 0 Å². The average molecular weight is 269 g/mol. The lowest BCUT2D eigenvalue weighted by molar-refractivity contribution is 0.414. The van der Waals surface area contributed by atoms with Crippen LogP contribution in [0.15, 0.2) is 48.5 Å². The van der Waals surface area contributed by atoms with Crippen LogP contribution in [0.2, 0.25) is 0 Å². The van der Waals surface area contributed by atoms with Gasteiger partial charge in [0.2, 0.25) is 0 Å². The summed E-state index contributed by atoms with van der Waals surface area (Å²) in [7, 11) is 1.69. The Balaban J connectivity index is 2.10. The Kier molecular flexibility index (Phi) is 4.67. The fourth-order valence-electron chi connectivity index (χ4n) is 2.21. The molecule has 2 heteroatoms. The minimum Gasteiger partial charge on any atom is -0.497 e. The Morgan fingerprint density at radius 2 is 1.60 bits per heavy atom. The van der Waals surface area contributed by atoms with Gasteiger partial charge in [0.25, 0.3) is 0 Å². The van der Waals surface area contributed by atoms with Gasteiger partial charge in [-0.1, -0.05) is 38.1 Å². The van der Waals surface area contributed by atoms with E-state index in [-0.39, 0.29) is 6.04 Å². The topological polar surface area (TPSA) is 21.3 Å². The fraction of sp³-hybridized carbons (Fsp3) is 0.333. The highest BCUT2D eigenvalue weighted by atomic mass is 16.5. The molecular weight excluding hydrogens is 246 g/mol. The van der Waals surface area contributed by atoms with Crippen molar-refractivity contribution in [2.24, 2.45) is 0 Å². The predicted octanol–water partition coefficient (Wildman–Crippen LogP) is 4.99. The van der Waals surface area contributed by atoms with E-state index in [0.29, 0.717) is 5.92 Å². The van der Waals surface area contributed by atoms with Crippen molar-refractivity contribution in [2.75, 3.05) is 12.4 Å². The summed E-state index contributed by atoms with van der Waals surface area (Å²) in [6.07, 6.45) is 0. The van der Waals surface area contributed by atoms with E-state index in [0.717, 1.165) is 5.75 Å². The second-order valence-corrected chi connectivity index (χ2v) is 5.42. The van der Waals surface area contributed by atoms with Crippen LogP contribution >= 0.6 is 0 Å². The van der Waals surface area contributed by atoms with E-state index in [1.165, 1.54) is 16.8 Å². The standard InChI is InChI=1S/C18H23NO/c1-13(2)16-6-5-7-17(12-16)19-14(3)15-8-10-18(20-4)11-9-15/h5-14,19H,1-4H3. The summed E-state index contributed by atoms with van der Waals surface area (Å²) < 4.78 is 5.19. The molecule has 1 atom stereocenters. The van der Waals surface area contributed by atoms with Gasteiger partial charge in [-0.3, -0.25) is 0 Å². The molecule has 1 unspecified atom stereocenters. The van der Waals surface area contributed by atoms with E-state index in [4.69, 9.17) is 4.74 Å². The summed E-state index contributed by atoms with van der Waals surface area (Å²) >= 11 is 0. The summed E-state index contributed by atoms with van der Waals surface area (Å²) in [4.78, 5) is 0. The summed E-state index contributed by atoms with van der Waals surface area (Å²) in [5.41, 5.74) is 3.78. The average Bonchev–Trinajstić information content (AvgIpc) is 2.47. The van der Waals surface area contributed by atoms with Crippen molar-refractivity contribution in [2.45, 2.75) is 32.7 Å². The normalized spacial score (nSPS) is 12.2. The molecular formula is C18H23NO. The number of hydrogen-bond acceptors (Lipinski definition) is 2. The molecule has 106 valence electrons. The first kappa shape index (κ1) is 14.4. The third-order valence-electron chi connectivity index (χ3n) is 3.55. The molecule has 2 rings (SSSR count). The zero-order chi connectivity index (χ0) is 14.5. The van der Waals surface area contributed by atoms with Crippen LogP contribution in [0.3, 0.4) is 0 Å². The van der Waals surface area contributed by atoms with Crippen molar-refractivity contribution in [1.82, 2.24) is 0 Å². The lowest BCUT2D eigenvalue weighted by atomic mass is 10.0. The van der Waals surface area contributed by atoms with Gasteiger partial charge in [0.05, 0.1) is 7.11 Å². The summed E-state index contributed by atoms with van der Waals surface area (Å²) in [5.74, 6) is 1.44. The Morgan fingerprint density at radius 3 is 2.20 bits per heavy atom. The second kappa shape index (κ2) is 6.47. The molecule has 0 aliphatic heterocycles. The van der Waals surface area contributed by atoms with Crippen LogP contribution in [0.1, 0.15) is 43.9 Å². The zero-order valence-electron chi connectivity index (χ0n) is 12.7. The highest BCUT2D eigenvalue weighted by Gasteiger charge is 2.06. The van der Waals surface area contributed by atoms with Gasteiger partial charge in [-0.05, 0) is 48.2 Å². The Bertz CT molecular complexity index is 546. The fourth-order valence-corrected chi connectivity index (χ4v) is 2.21. The van der Waals surface area contributed by atoms with E-state index < -0.39 is 0 Å². The molecule has 2 aromatic rings. The molecule has 0 saturated carbocycles. The molecule has 0 saturated heterocycles. The molecule has 0 aliphatic carbocycles. The number of anilines is 1. The van der Waals surface area contributed by atoms with Crippen LogP contribution < -0.4 is 10.1 Å². The van der Waals surface area contributed by atoms with E-state index in [2.05, 4.69) is 62.5 Å². The smallest absolute Gasteiger partial charge is 0.118 e.